The first-order valence-electron chi connectivity index (χ1n) is 11.1. The van der Waals surface area contributed by atoms with Gasteiger partial charge in [0.1, 0.15) is 6.10 Å². The molecule has 0 aromatic heterocycles. The summed E-state index contributed by atoms with van der Waals surface area (Å²) in [4.78, 5) is 12.0. The predicted octanol–water partition coefficient (Wildman–Crippen LogP) is 7.55. The summed E-state index contributed by atoms with van der Waals surface area (Å²) in [5.41, 5.74) is 0. The van der Waals surface area contributed by atoms with E-state index < -0.39 is 0 Å². The van der Waals surface area contributed by atoms with E-state index in [-0.39, 0.29) is 12.1 Å². The van der Waals surface area contributed by atoms with E-state index in [2.05, 4.69) is 41.5 Å². The zero-order valence-electron chi connectivity index (χ0n) is 18.1. The lowest BCUT2D eigenvalue weighted by atomic mass is 9.97. The van der Waals surface area contributed by atoms with Gasteiger partial charge in [0.25, 0.3) is 0 Å². The molecule has 0 spiro atoms. The SMILES string of the molecule is CC[C@H](C)CCCCCCCCC[C@@H](C)CC(=O)O[C@@H](CC)C(C)C. The third-order valence-electron chi connectivity index (χ3n) is 5.53. The summed E-state index contributed by atoms with van der Waals surface area (Å²) >= 11 is 0. The van der Waals surface area contributed by atoms with E-state index in [1.54, 1.807) is 0 Å². The summed E-state index contributed by atoms with van der Waals surface area (Å²) in [5.74, 6) is 1.76. The van der Waals surface area contributed by atoms with Gasteiger partial charge in [-0.3, -0.25) is 4.79 Å². The van der Waals surface area contributed by atoms with Crippen LogP contribution in [0.5, 0.6) is 0 Å². The largest absolute Gasteiger partial charge is 0.462 e. The van der Waals surface area contributed by atoms with E-state index in [1.807, 2.05) is 0 Å². The third-order valence-corrected chi connectivity index (χ3v) is 5.53. The molecule has 2 nitrogen and oxygen atoms in total. The van der Waals surface area contributed by atoms with Crippen molar-refractivity contribution in [2.45, 2.75) is 125 Å². The van der Waals surface area contributed by atoms with Gasteiger partial charge in [-0.15, -0.1) is 0 Å². The van der Waals surface area contributed by atoms with Gasteiger partial charge < -0.3 is 4.74 Å². The molecule has 25 heavy (non-hydrogen) atoms. The van der Waals surface area contributed by atoms with Crippen LogP contribution in [0.1, 0.15) is 119 Å². The fourth-order valence-corrected chi connectivity index (χ4v) is 3.37. The molecule has 3 atom stereocenters. The molecule has 0 bridgehead atoms. The first-order valence-corrected chi connectivity index (χ1v) is 11.1. The van der Waals surface area contributed by atoms with Gasteiger partial charge in [0.2, 0.25) is 0 Å². The topological polar surface area (TPSA) is 26.3 Å². The average Bonchev–Trinajstić information content (AvgIpc) is 2.57. The zero-order valence-corrected chi connectivity index (χ0v) is 18.1. The first kappa shape index (κ1) is 24.5. The Kier molecular flexibility index (Phi) is 15.4. The standard InChI is InChI=1S/C23H46O2/c1-7-20(5)16-14-12-10-9-11-13-15-17-21(6)18-23(24)25-22(8-2)19(3)4/h19-22H,7-18H2,1-6H3/t20-,21+,22-/m0/s1. The van der Waals surface area contributed by atoms with E-state index in [4.69, 9.17) is 4.74 Å². The number of carbonyl (C=O) groups excluding carboxylic acids is 1. The number of unbranched alkanes of at least 4 members (excludes halogenated alkanes) is 6. The Hall–Kier alpha value is -0.530. The van der Waals surface area contributed by atoms with E-state index in [0.717, 1.165) is 18.8 Å². The highest BCUT2D eigenvalue weighted by atomic mass is 16.5. The van der Waals surface area contributed by atoms with Crippen LogP contribution in [0.2, 0.25) is 0 Å². The van der Waals surface area contributed by atoms with Gasteiger partial charge >= 0.3 is 5.97 Å². The van der Waals surface area contributed by atoms with E-state index >= 15 is 0 Å². The Bertz CT molecular complexity index is 311. The molecule has 150 valence electrons. The summed E-state index contributed by atoms with van der Waals surface area (Å²) < 4.78 is 5.60. The highest BCUT2D eigenvalue weighted by Crippen LogP contribution is 2.18. The molecule has 0 saturated heterocycles. The van der Waals surface area contributed by atoms with Gasteiger partial charge in [-0.05, 0) is 24.2 Å². The number of rotatable bonds is 16. The van der Waals surface area contributed by atoms with Crippen molar-refractivity contribution in [2.75, 3.05) is 0 Å². The molecule has 0 aromatic carbocycles. The molecule has 0 saturated carbocycles. The highest BCUT2D eigenvalue weighted by Gasteiger charge is 2.18. The highest BCUT2D eigenvalue weighted by molar-refractivity contribution is 5.69. The second-order valence-corrected chi connectivity index (χ2v) is 8.56. The number of esters is 1. The molecule has 0 amide bonds. The van der Waals surface area contributed by atoms with Gasteiger partial charge in [-0.25, -0.2) is 0 Å². The average molecular weight is 355 g/mol. The van der Waals surface area contributed by atoms with E-state index in [1.165, 1.54) is 57.8 Å². The fourth-order valence-electron chi connectivity index (χ4n) is 3.37. The normalized spacial score (nSPS) is 15.2. The van der Waals surface area contributed by atoms with Gasteiger partial charge in [0.05, 0.1) is 0 Å². The van der Waals surface area contributed by atoms with Gasteiger partial charge in [-0.2, -0.15) is 0 Å². The molecule has 0 aliphatic carbocycles. The molecule has 0 N–H and O–H groups in total. The molecule has 0 heterocycles. The molecule has 0 radical (unpaired) electrons. The van der Waals surface area contributed by atoms with Gasteiger partial charge in [0, 0.05) is 6.42 Å². The van der Waals surface area contributed by atoms with Crippen molar-refractivity contribution in [3.05, 3.63) is 0 Å². The smallest absolute Gasteiger partial charge is 0.306 e. The molecule has 2 heteroatoms. The Morgan fingerprint density at radius 2 is 1.20 bits per heavy atom. The Labute approximate surface area is 158 Å². The lowest BCUT2D eigenvalue weighted by molar-refractivity contribution is -0.152. The maximum absolute atomic E-state index is 12.0. The van der Waals surface area contributed by atoms with Crippen LogP contribution in [-0.4, -0.2) is 12.1 Å². The van der Waals surface area contributed by atoms with E-state index in [9.17, 15) is 4.79 Å². The van der Waals surface area contributed by atoms with Crippen LogP contribution in [-0.2, 0) is 9.53 Å². The minimum atomic E-state index is -0.00522. The van der Waals surface area contributed by atoms with Crippen LogP contribution in [0.25, 0.3) is 0 Å². The maximum atomic E-state index is 12.0. The maximum Gasteiger partial charge on any atom is 0.306 e. The summed E-state index contributed by atoms with van der Waals surface area (Å²) in [6, 6.07) is 0. The summed E-state index contributed by atoms with van der Waals surface area (Å²) in [6.45, 7) is 13.2. The molecule has 0 unspecified atom stereocenters. The van der Waals surface area contributed by atoms with Crippen molar-refractivity contribution in [1.29, 1.82) is 0 Å². The van der Waals surface area contributed by atoms with E-state index in [0.29, 0.717) is 18.3 Å². The number of carbonyl (C=O) groups is 1. The number of ether oxygens (including phenoxy) is 1. The molecule has 0 aliphatic rings. The summed E-state index contributed by atoms with van der Waals surface area (Å²) in [5, 5.41) is 0. The van der Waals surface area contributed by atoms with Crippen molar-refractivity contribution in [3.63, 3.8) is 0 Å². The minimum absolute atomic E-state index is 0.00522. The van der Waals surface area contributed by atoms with Gasteiger partial charge in [-0.1, -0.05) is 106 Å². The van der Waals surface area contributed by atoms with Crippen LogP contribution in [0.4, 0.5) is 0 Å². The van der Waals surface area contributed by atoms with Crippen molar-refractivity contribution in [2.24, 2.45) is 17.8 Å². The molecular weight excluding hydrogens is 308 g/mol. The molecule has 0 aromatic rings. The second-order valence-electron chi connectivity index (χ2n) is 8.56. The Morgan fingerprint density at radius 1 is 0.720 bits per heavy atom. The van der Waals surface area contributed by atoms with Crippen LogP contribution in [0.3, 0.4) is 0 Å². The van der Waals surface area contributed by atoms with Crippen LogP contribution < -0.4 is 0 Å². The van der Waals surface area contributed by atoms with Crippen molar-refractivity contribution in [1.82, 2.24) is 0 Å². The lowest BCUT2D eigenvalue weighted by Crippen LogP contribution is -2.23. The Morgan fingerprint density at radius 3 is 1.64 bits per heavy atom. The second kappa shape index (κ2) is 15.7. The molecule has 0 fully saturated rings. The lowest BCUT2D eigenvalue weighted by Gasteiger charge is -2.20. The third kappa shape index (κ3) is 14.3. The fraction of sp³-hybridized carbons (Fsp3) is 0.957. The Balaban J connectivity index is 3.54. The van der Waals surface area contributed by atoms with Crippen molar-refractivity contribution >= 4 is 5.97 Å². The molecule has 0 rings (SSSR count). The minimum Gasteiger partial charge on any atom is -0.462 e. The quantitative estimate of drug-likeness (QED) is 0.211. The van der Waals surface area contributed by atoms with Crippen LogP contribution in [0, 0.1) is 17.8 Å². The molecular formula is C23H46O2. The van der Waals surface area contributed by atoms with Crippen LogP contribution in [0.15, 0.2) is 0 Å². The summed E-state index contributed by atoms with van der Waals surface area (Å²) in [6.07, 6.45) is 15.0. The number of hydrogen-bond donors (Lipinski definition) is 0. The molecule has 0 aliphatic heterocycles. The monoisotopic (exact) mass is 354 g/mol. The van der Waals surface area contributed by atoms with Crippen molar-refractivity contribution < 1.29 is 9.53 Å². The summed E-state index contributed by atoms with van der Waals surface area (Å²) in [7, 11) is 0. The van der Waals surface area contributed by atoms with Gasteiger partial charge in [0.15, 0.2) is 0 Å². The van der Waals surface area contributed by atoms with Crippen molar-refractivity contribution in [3.8, 4) is 0 Å². The predicted molar refractivity (Wildman–Crippen MR) is 110 cm³/mol. The first-order chi connectivity index (χ1) is 11.9. The number of hydrogen-bond acceptors (Lipinski definition) is 2. The van der Waals surface area contributed by atoms with Crippen LogP contribution >= 0.6 is 0 Å². The zero-order chi connectivity index (χ0) is 19.1.